The number of carbonyl (C=O) groups excluding carboxylic acids is 2. The maximum atomic E-state index is 12.0. The van der Waals surface area contributed by atoms with Crippen molar-refractivity contribution in [2.24, 2.45) is 5.14 Å². The van der Waals surface area contributed by atoms with Crippen molar-refractivity contribution in [1.82, 2.24) is 0 Å². The van der Waals surface area contributed by atoms with E-state index in [2.05, 4.69) is 0 Å². The number of nitrogens with two attached hydrogens (primary N) is 1. The van der Waals surface area contributed by atoms with Gasteiger partial charge in [-0.1, -0.05) is 0 Å². The van der Waals surface area contributed by atoms with E-state index in [1.165, 1.54) is 16.7 Å². The lowest BCUT2D eigenvalue weighted by Crippen LogP contribution is -2.14. The van der Waals surface area contributed by atoms with Gasteiger partial charge in [-0.25, -0.2) is 18.4 Å². The number of primary sulfonamides is 1. The molecule has 6 nitrogen and oxygen atoms in total. The van der Waals surface area contributed by atoms with Gasteiger partial charge in [-0.3, -0.25) is 4.79 Å². The van der Waals surface area contributed by atoms with Gasteiger partial charge in [0.05, 0.1) is 5.56 Å². The largest absolute Gasteiger partial charge is 0.454 e. The summed E-state index contributed by atoms with van der Waals surface area (Å²) >= 11 is 2.32. The molecule has 118 valence electrons. The predicted octanol–water partition coefficient (Wildman–Crippen LogP) is 2.11. The van der Waals surface area contributed by atoms with Crippen LogP contribution in [0.25, 0.3) is 0 Å². The maximum Gasteiger partial charge on any atom is 0.339 e. The summed E-state index contributed by atoms with van der Waals surface area (Å²) in [5.41, 5.74) is 0.589. The molecule has 2 N–H and O–H groups in total. The maximum absolute atomic E-state index is 12.0. The molecule has 2 aromatic rings. The van der Waals surface area contributed by atoms with Crippen LogP contribution in [0.1, 0.15) is 30.5 Å². The summed E-state index contributed by atoms with van der Waals surface area (Å²) in [4.78, 5) is 25.7. The average molecular weight is 359 g/mol. The van der Waals surface area contributed by atoms with Gasteiger partial charge in [0.2, 0.25) is 15.8 Å². The molecule has 0 unspecified atom stereocenters. The zero-order chi connectivity index (χ0) is 16.5. The number of ketones is 1. The molecule has 0 aliphatic heterocycles. The van der Waals surface area contributed by atoms with Crippen molar-refractivity contribution in [2.75, 3.05) is 6.61 Å². The van der Waals surface area contributed by atoms with E-state index in [9.17, 15) is 18.0 Å². The number of ether oxygens (including phenoxy) is 1. The Kier molecular flexibility index (Phi) is 4.81. The fraction of sp³-hybridized carbons (Fsp3) is 0.231. The van der Waals surface area contributed by atoms with Crippen LogP contribution >= 0.6 is 22.7 Å². The molecule has 0 spiro atoms. The Morgan fingerprint density at radius 3 is 2.45 bits per heavy atom. The van der Waals surface area contributed by atoms with E-state index < -0.39 is 22.6 Å². The van der Waals surface area contributed by atoms with Crippen molar-refractivity contribution in [3.63, 3.8) is 0 Å². The molecule has 0 amide bonds. The van der Waals surface area contributed by atoms with Gasteiger partial charge in [0.1, 0.15) is 4.21 Å². The molecule has 0 fully saturated rings. The molecule has 2 aromatic heterocycles. The zero-order valence-corrected chi connectivity index (χ0v) is 14.2. The lowest BCUT2D eigenvalue weighted by molar-refractivity contribution is 0.0475. The van der Waals surface area contributed by atoms with Gasteiger partial charge < -0.3 is 4.74 Å². The number of rotatable bonds is 5. The highest BCUT2D eigenvalue weighted by molar-refractivity contribution is 7.91. The van der Waals surface area contributed by atoms with Crippen LogP contribution in [0, 0.1) is 13.8 Å². The number of hydrogen-bond donors (Lipinski definition) is 1. The van der Waals surface area contributed by atoms with Crippen LogP contribution in [0.2, 0.25) is 0 Å². The molecule has 0 aliphatic carbocycles. The molecule has 0 saturated carbocycles. The second kappa shape index (κ2) is 6.29. The summed E-state index contributed by atoms with van der Waals surface area (Å²) < 4.78 is 27.1. The average Bonchev–Trinajstić information content (AvgIpc) is 3.01. The molecular formula is C13H13NO5S3. The number of esters is 1. The van der Waals surface area contributed by atoms with Crippen molar-refractivity contribution < 1.29 is 22.7 Å². The normalized spacial score (nSPS) is 11.4. The van der Waals surface area contributed by atoms with E-state index in [0.29, 0.717) is 5.56 Å². The molecule has 0 saturated heterocycles. The molecule has 0 bridgehead atoms. The minimum atomic E-state index is -3.85. The summed E-state index contributed by atoms with van der Waals surface area (Å²) in [5.74, 6) is -1.05. The van der Waals surface area contributed by atoms with Gasteiger partial charge >= 0.3 is 5.97 Å². The standard InChI is InChI=1S/C13H13NO5S3/c1-7-3-10(8(2)21-7)11(15)5-19-13(16)9-4-12(20-6-9)22(14,17)18/h3-4,6H,5H2,1-2H3,(H2,14,17,18). The van der Waals surface area contributed by atoms with E-state index in [1.54, 1.807) is 6.07 Å². The van der Waals surface area contributed by atoms with Crippen molar-refractivity contribution in [3.05, 3.63) is 38.4 Å². The van der Waals surface area contributed by atoms with Crippen LogP contribution in [0.3, 0.4) is 0 Å². The smallest absolute Gasteiger partial charge is 0.339 e. The van der Waals surface area contributed by atoms with E-state index in [4.69, 9.17) is 9.88 Å². The molecule has 0 aromatic carbocycles. The lowest BCUT2D eigenvalue weighted by Gasteiger charge is -2.02. The number of hydrogen-bond acceptors (Lipinski definition) is 7. The molecule has 0 atom stereocenters. The van der Waals surface area contributed by atoms with Crippen LogP contribution in [-0.4, -0.2) is 26.8 Å². The Morgan fingerprint density at radius 1 is 1.27 bits per heavy atom. The number of aryl methyl sites for hydroxylation is 2. The number of thiophene rings is 2. The van der Waals surface area contributed by atoms with Crippen molar-refractivity contribution in [2.45, 2.75) is 18.1 Å². The SMILES string of the molecule is Cc1cc(C(=O)COC(=O)c2csc(S(N)(=O)=O)c2)c(C)s1. The Balaban J connectivity index is 2.02. The van der Waals surface area contributed by atoms with Gasteiger partial charge in [0.15, 0.2) is 6.61 Å². The molecule has 2 rings (SSSR count). The first-order valence-corrected chi connectivity index (χ1v) is 9.31. The Morgan fingerprint density at radius 2 is 1.95 bits per heavy atom. The highest BCUT2D eigenvalue weighted by Crippen LogP contribution is 2.22. The second-order valence-electron chi connectivity index (χ2n) is 4.53. The molecule has 22 heavy (non-hydrogen) atoms. The third kappa shape index (κ3) is 3.80. The van der Waals surface area contributed by atoms with Gasteiger partial charge in [-0.05, 0) is 26.0 Å². The summed E-state index contributed by atoms with van der Waals surface area (Å²) in [6.07, 6.45) is 0. The van der Waals surface area contributed by atoms with Crippen LogP contribution in [0.15, 0.2) is 21.7 Å². The van der Waals surface area contributed by atoms with E-state index in [0.717, 1.165) is 27.2 Å². The number of Topliss-reactive ketones (excluding diaryl/α,β-unsaturated/α-hetero) is 1. The monoisotopic (exact) mass is 359 g/mol. The van der Waals surface area contributed by atoms with Crippen molar-refractivity contribution in [1.29, 1.82) is 0 Å². The molecular weight excluding hydrogens is 346 g/mol. The minimum Gasteiger partial charge on any atom is -0.454 e. The third-order valence-electron chi connectivity index (χ3n) is 2.77. The Labute approximate surface area is 135 Å². The quantitative estimate of drug-likeness (QED) is 0.650. The first kappa shape index (κ1) is 16.8. The Hall–Kier alpha value is -1.55. The minimum absolute atomic E-state index is 0.0556. The lowest BCUT2D eigenvalue weighted by atomic mass is 10.2. The molecule has 9 heteroatoms. The van der Waals surface area contributed by atoms with E-state index >= 15 is 0 Å². The molecule has 0 radical (unpaired) electrons. The summed E-state index contributed by atoms with van der Waals surface area (Å²) in [6, 6.07) is 2.88. The van der Waals surface area contributed by atoms with E-state index in [1.807, 2.05) is 13.8 Å². The van der Waals surface area contributed by atoms with Crippen LogP contribution in [-0.2, 0) is 14.8 Å². The summed E-state index contributed by atoms with van der Waals surface area (Å²) in [7, 11) is -3.85. The summed E-state index contributed by atoms with van der Waals surface area (Å²) in [5, 5.41) is 6.29. The van der Waals surface area contributed by atoms with E-state index in [-0.39, 0.29) is 15.6 Å². The number of sulfonamides is 1. The Bertz CT molecular complexity index is 832. The second-order valence-corrected chi connectivity index (χ2v) is 8.69. The van der Waals surface area contributed by atoms with Gasteiger partial charge in [-0.15, -0.1) is 22.7 Å². The van der Waals surface area contributed by atoms with Crippen LogP contribution in [0.4, 0.5) is 0 Å². The fourth-order valence-corrected chi connectivity index (χ4v) is 4.29. The molecule has 2 heterocycles. The van der Waals surface area contributed by atoms with Gasteiger partial charge in [0.25, 0.3) is 0 Å². The first-order valence-electron chi connectivity index (χ1n) is 6.07. The molecule has 0 aliphatic rings. The zero-order valence-electron chi connectivity index (χ0n) is 11.8. The topological polar surface area (TPSA) is 104 Å². The van der Waals surface area contributed by atoms with Crippen LogP contribution in [0.5, 0.6) is 0 Å². The first-order chi connectivity index (χ1) is 10.2. The van der Waals surface area contributed by atoms with Gasteiger partial charge in [0, 0.05) is 20.7 Å². The van der Waals surface area contributed by atoms with Crippen LogP contribution < -0.4 is 5.14 Å². The number of carbonyl (C=O) groups is 2. The third-order valence-corrected chi connectivity index (χ3v) is 6.12. The van der Waals surface area contributed by atoms with Crippen molar-refractivity contribution >= 4 is 44.4 Å². The van der Waals surface area contributed by atoms with Gasteiger partial charge in [-0.2, -0.15) is 0 Å². The predicted molar refractivity (Wildman–Crippen MR) is 84.1 cm³/mol. The highest BCUT2D eigenvalue weighted by atomic mass is 32.2. The fourth-order valence-electron chi connectivity index (χ4n) is 1.77. The highest BCUT2D eigenvalue weighted by Gasteiger charge is 2.18. The summed E-state index contributed by atoms with van der Waals surface area (Å²) in [6.45, 7) is 3.32. The van der Waals surface area contributed by atoms with Crippen molar-refractivity contribution in [3.8, 4) is 0 Å².